The number of carbonyl (C=O) groups is 1. The van der Waals surface area contributed by atoms with Crippen LogP contribution in [0, 0.1) is 0 Å². The third-order valence-electron chi connectivity index (χ3n) is 1.95. The van der Waals surface area contributed by atoms with Crippen molar-refractivity contribution in [3.05, 3.63) is 0 Å². The van der Waals surface area contributed by atoms with Gasteiger partial charge in [0.15, 0.2) is 0 Å². The predicted molar refractivity (Wildman–Crippen MR) is 44.7 cm³/mol. The minimum Gasteiger partial charge on any atom is -0.355 e. The average molecular weight is 174 g/mol. The van der Waals surface area contributed by atoms with Gasteiger partial charge in [-0.3, -0.25) is 14.1 Å². The van der Waals surface area contributed by atoms with Gasteiger partial charge in [-0.1, -0.05) is 0 Å². The van der Waals surface area contributed by atoms with E-state index in [4.69, 9.17) is 0 Å². The van der Waals surface area contributed by atoms with Crippen molar-refractivity contribution in [3.8, 4) is 0 Å². The molecule has 0 radical (unpaired) electrons. The number of rotatable bonds is 3. The van der Waals surface area contributed by atoms with Gasteiger partial charge in [0.1, 0.15) is 0 Å². The SMILES string of the molecule is O=C1CN(CCCF)CCCN1. The van der Waals surface area contributed by atoms with Crippen LogP contribution in [0.2, 0.25) is 0 Å². The third kappa shape index (κ3) is 3.17. The van der Waals surface area contributed by atoms with Crippen LogP contribution in [0.5, 0.6) is 0 Å². The van der Waals surface area contributed by atoms with Gasteiger partial charge in [-0.2, -0.15) is 0 Å². The zero-order valence-electron chi connectivity index (χ0n) is 7.18. The summed E-state index contributed by atoms with van der Waals surface area (Å²) < 4.78 is 11.8. The molecule has 1 aliphatic rings. The summed E-state index contributed by atoms with van der Waals surface area (Å²) in [4.78, 5) is 13.0. The molecule has 0 bridgehead atoms. The molecular weight excluding hydrogens is 159 g/mol. The fraction of sp³-hybridized carbons (Fsp3) is 0.875. The molecule has 0 atom stereocenters. The highest BCUT2D eigenvalue weighted by Gasteiger charge is 2.13. The lowest BCUT2D eigenvalue weighted by molar-refractivity contribution is -0.121. The van der Waals surface area contributed by atoms with E-state index in [9.17, 15) is 9.18 Å². The molecule has 12 heavy (non-hydrogen) atoms. The van der Waals surface area contributed by atoms with Crippen molar-refractivity contribution in [2.24, 2.45) is 0 Å². The second-order valence-corrected chi connectivity index (χ2v) is 3.02. The molecule has 1 N–H and O–H groups in total. The van der Waals surface area contributed by atoms with Crippen molar-refractivity contribution in [3.63, 3.8) is 0 Å². The van der Waals surface area contributed by atoms with E-state index in [1.165, 1.54) is 0 Å². The molecule has 0 spiro atoms. The summed E-state index contributed by atoms with van der Waals surface area (Å²) in [6, 6.07) is 0. The number of nitrogens with zero attached hydrogens (tertiary/aromatic N) is 1. The Morgan fingerprint density at radius 1 is 1.58 bits per heavy atom. The van der Waals surface area contributed by atoms with E-state index in [0.717, 1.165) is 19.5 Å². The van der Waals surface area contributed by atoms with Crippen LogP contribution in [0.15, 0.2) is 0 Å². The molecular formula is C8H15FN2O. The fourth-order valence-corrected chi connectivity index (χ4v) is 1.34. The zero-order valence-corrected chi connectivity index (χ0v) is 7.18. The highest BCUT2D eigenvalue weighted by molar-refractivity contribution is 5.78. The van der Waals surface area contributed by atoms with E-state index >= 15 is 0 Å². The van der Waals surface area contributed by atoms with E-state index in [1.54, 1.807) is 0 Å². The maximum Gasteiger partial charge on any atom is 0.234 e. The quantitative estimate of drug-likeness (QED) is 0.661. The van der Waals surface area contributed by atoms with Crippen molar-refractivity contribution in [1.29, 1.82) is 0 Å². The minimum atomic E-state index is -0.294. The zero-order chi connectivity index (χ0) is 8.81. The molecule has 70 valence electrons. The van der Waals surface area contributed by atoms with Crippen molar-refractivity contribution in [1.82, 2.24) is 10.2 Å². The van der Waals surface area contributed by atoms with Gasteiger partial charge in [0, 0.05) is 19.6 Å². The Morgan fingerprint density at radius 3 is 3.17 bits per heavy atom. The molecule has 0 aromatic rings. The molecule has 3 nitrogen and oxygen atoms in total. The molecule has 0 unspecified atom stereocenters. The lowest BCUT2D eigenvalue weighted by atomic mass is 10.3. The molecule has 0 saturated carbocycles. The second-order valence-electron chi connectivity index (χ2n) is 3.02. The molecule has 4 heteroatoms. The summed E-state index contributed by atoms with van der Waals surface area (Å²) in [5.74, 6) is 0.0614. The number of alkyl halides is 1. The largest absolute Gasteiger partial charge is 0.355 e. The minimum absolute atomic E-state index is 0.0614. The van der Waals surface area contributed by atoms with Gasteiger partial charge in [-0.25, -0.2) is 0 Å². The topological polar surface area (TPSA) is 32.3 Å². The highest BCUT2D eigenvalue weighted by atomic mass is 19.1. The van der Waals surface area contributed by atoms with Gasteiger partial charge in [0.2, 0.25) is 5.91 Å². The maximum absolute atomic E-state index is 11.8. The standard InChI is InChI=1S/C8H15FN2O/c9-3-1-5-11-6-2-4-10-8(12)7-11/h1-7H2,(H,10,12). The highest BCUT2D eigenvalue weighted by Crippen LogP contribution is 1.97. The Bertz CT molecular complexity index is 152. The van der Waals surface area contributed by atoms with E-state index in [-0.39, 0.29) is 12.6 Å². The Hall–Kier alpha value is -0.640. The van der Waals surface area contributed by atoms with E-state index in [2.05, 4.69) is 5.32 Å². The fourth-order valence-electron chi connectivity index (χ4n) is 1.34. The van der Waals surface area contributed by atoms with Crippen LogP contribution in [-0.2, 0) is 4.79 Å². The Morgan fingerprint density at radius 2 is 2.42 bits per heavy atom. The van der Waals surface area contributed by atoms with Gasteiger partial charge in [0.05, 0.1) is 13.2 Å². The first-order chi connectivity index (χ1) is 5.83. The average Bonchev–Trinajstić information content (AvgIpc) is 2.26. The van der Waals surface area contributed by atoms with Gasteiger partial charge < -0.3 is 5.32 Å². The number of hydrogen-bond donors (Lipinski definition) is 1. The number of amides is 1. The molecule has 0 aromatic carbocycles. The first kappa shape index (κ1) is 9.45. The van der Waals surface area contributed by atoms with Crippen molar-refractivity contribution in [2.45, 2.75) is 12.8 Å². The molecule has 1 heterocycles. The second kappa shape index (κ2) is 5.09. The van der Waals surface area contributed by atoms with Gasteiger partial charge >= 0.3 is 0 Å². The number of hydrogen-bond acceptors (Lipinski definition) is 2. The number of halogens is 1. The molecule has 1 rings (SSSR count). The Labute approximate surface area is 71.9 Å². The molecule has 0 aromatic heterocycles. The Kier molecular flexibility index (Phi) is 4.00. The van der Waals surface area contributed by atoms with Crippen molar-refractivity contribution < 1.29 is 9.18 Å². The molecule has 1 fully saturated rings. The van der Waals surface area contributed by atoms with Gasteiger partial charge in [-0.05, 0) is 12.8 Å². The Balaban J connectivity index is 2.26. The van der Waals surface area contributed by atoms with Crippen LogP contribution in [0.4, 0.5) is 4.39 Å². The molecule has 1 amide bonds. The van der Waals surface area contributed by atoms with Crippen LogP contribution in [0.1, 0.15) is 12.8 Å². The van der Waals surface area contributed by atoms with Crippen LogP contribution < -0.4 is 5.32 Å². The first-order valence-electron chi connectivity index (χ1n) is 4.38. The summed E-state index contributed by atoms with van der Waals surface area (Å²) in [6.07, 6.45) is 1.51. The molecule has 1 aliphatic heterocycles. The summed E-state index contributed by atoms with van der Waals surface area (Å²) in [6.45, 7) is 2.49. The van der Waals surface area contributed by atoms with E-state index < -0.39 is 0 Å². The first-order valence-corrected chi connectivity index (χ1v) is 4.38. The van der Waals surface area contributed by atoms with Crippen LogP contribution >= 0.6 is 0 Å². The predicted octanol–water partition coefficient (Wildman–Crippen LogP) is 0.168. The van der Waals surface area contributed by atoms with Gasteiger partial charge in [-0.15, -0.1) is 0 Å². The number of carbonyl (C=O) groups excluding carboxylic acids is 1. The summed E-state index contributed by atoms with van der Waals surface area (Å²) in [5, 5.41) is 2.78. The van der Waals surface area contributed by atoms with Crippen molar-refractivity contribution in [2.75, 3.05) is 32.9 Å². The van der Waals surface area contributed by atoms with Crippen LogP contribution in [-0.4, -0.2) is 43.7 Å². The van der Waals surface area contributed by atoms with E-state index in [0.29, 0.717) is 19.5 Å². The van der Waals surface area contributed by atoms with E-state index in [1.807, 2.05) is 4.90 Å². The third-order valence-corrected chi connectivity index (χ3v) is 1.95. The lowest BCUT2D eigenvalue weighted by Crippen LogP contribution is -2.33. The summed E-state index contributed by atoms with van der Waals surface area (Å²) >= 11 is 0. The lowest BCUT2D eigenvalue weighted by Gasteiger charge is -2.16. The smallest absolute Gasteiger partial charge is 0.234 e. The molecule has 0 aliphatic carbocycles. The number of nitrogens with one attached hydrogen (secondary N) is 1. The summed E-state index contributed by atoms with van der Waals surface area (Å²) in [7, 11) is 0. The van der Waals surface area contributed by atoms with Gasteiger partial charge in [0.25, 0.3) is 0 Å². The summed E-state index contributed by atoms with van der Waals surface area (Å²) in [5.41, 5.74) is 0. The maximum atomic E-state index is 11.8. The van der Waals surface area contributed by atoms with Crippen LogP contribution in [0.25, 0.3) is 0 Å². The normalized spacial score (nSPS) is 20.2. The monoisotopic (exact) mass is 174 g/mol. The van der Waals surface area contributed by atoms with Crippen LogP contribution in [0.3, 0.4) is 0 Å². The molecule has 1 saturated heterocycles. The van der Waals surface area contributed by atoms with Crippen molar-refractivity contribution >= 4 is 5.91 Å².